The highest BCUT2D eigenvalue weighted by atomic mass is 35.5. The molecule has 6 heteroatoms. The molecule has 2 bridgehead atoms. The van der Waals surface area contributed by atoms with Gasteiger partial charge in [-0.15, -0.1) is 12.4 Å². The first-order chi connectivity index (χ1) is 9.08. The van der Waals surface area contributed by atoms with Crippen molar-refractivity contribution in [3.8, 4) is 0 Å². The van der Waals surface area contributed by atoms with Gasteiger partial charge in [0.15, 0.2) is 0 Å². The second kappa shape index (κ2) is 5.90. The van der Waals surface area contributed by atoms with Crippen LogP contribution >= 0.6 is 12.4 Å². The third-order valence-electron chi connectivity index (χ3n) is 5.47. The summed E-state index contributed by atoms with van der Waals surface area (Å²) in [6.07, 6.45) is 4.90. The lowest BCUT2D eigenvalue weighted by Gasteiger charge is -2.36. The molecule has 2 amide bonds. The van der Waals surface area contributed by atoms with E-state index in [1.807, 2.05) is 4.90 Å². The Morgan fingerprint density at radius 2 is 1.60 bits per heavy atom. The molecule has 1 aliphatic heterocycles. The number of fused-ring (bicyclic) bond motifs is 2. The Bertz CT molecular complexity index is 394. The highest BCUT2D eigenvalue weighted by molar-refractivity contribution is 5.85. The van der Waals surface area contributed by atoms with Crippen LogP contribution in [0.15, 0.2) is 0 Å². The van der Waals surface area contributed by atoms with Crippen LogP contribution in [0, 0.1) is 23.7 Å². The maximum atomic E-state index is 12.6. The van der Waals surface area contributed by atoms with E-state index in [-0.39, 0.29) is 42.1 Å². The van der Waals surface area contributed by atoms with Gasteiger partial charge in [-0.2, -0.15) is 0 Å². The van der Waals surface area contributed by atoms with Crippen LogP contribution in [0.25, 0.3) is 0 Å². The number of nitrogens with zero attached hydrogens (tertiary/aromatic N) is 1. The Morgan fingerprint density at radius 3 is 2.10 bits per heavy atom. The molecule has 3 aliphatic rings. The number of hydrogen-bond acceptors (Lipinski definition) is 3. The van der Waals surface area contributed by atoms with Gasteiger partial charge in [0, 0.05) is 25.0 Å². The molecule has 0 aromatic carbocycles. The van der Waals surface area contributed by atoms with E-state index in [0.29, 0.717) is 37.8 Å². The molecule has 4 unspecified atom stereocenters. The summed E-state index contributed by atoms with van der Waals surface area (Å²) in [5.74, 6) is 1.02. The van der Waals surface area contributed by atoms with Crippen molar-refractivity contribution in [2.45, 2.75) is 38.1 Å². The summed E-state index contributed by atoms with van der Waals surface area (Å²) in [5, 5.41) is 0. The van der Waals surface area contributed by atoms with Crippen molar-refractivity contribution in [1.82, 2.24) is 4.90 Å². The van der Waals surface area contributed by atoms with Gasteiger partial charge in [0.1, 0.15) is 0 Å². The minimum absolute atomic E-state index is 0. The second-order valence-corrected chi connectivity index (χ2v) is 6.44. The molecule has 5 nitrogen and oxygen atoms in total. The van der Waals surface area contributed by atoms with Crippen molar-refractivity contribution < 1.29 is 9.59 Å². The molecule has 4 N–H and O–H groups in total. The van der Waals surface area contributed by atoms with Gasteiger partial charge in [0.2, 0.25) is 11.8 Å². The van der Waals surface area contributed by atoms with Gasteiger partial charge in [-0.1, -0.05) is 0 Å². The first kappa shape index (κ1) is 15.6. The summed E-state index contributed by atoms with van der Waals surface area (Å²) in [7, 11) is 0. The molecule has 114 valence electrons. The molecule has 1 saturated heterocycles. The summed E-state index contributed by atoms with van der Waals surface area (Å²) < 4.78 is 0. The van der Waals surface area contributed by atoms with E-state index in [4.69, 9.17) is 11.5 Å². The van der Waals surface area contributed by atoms with Gasteiger partial charge in [-0.3, -0.25) is 9.59 Å². The maximum absolute atomic E-state index is 12.6. The molecule has 4 atom stereocenters. The van der Waals surface area contributed by atoms with Crippen LogP contribution in [-0.4, -0.2) is 35.8 Å². The molecule has 2 aliphatic carbocycles. The molecule has 0 aromatic rings. The summed E-state index contributed by atoms with van der Waals surface area (Å²) >= 11 is 0. The van der Waals surface area contributed by atoms with Gasteiger partial charge < -0.3 is 16.4 Å². The predicted molar refractivity (Wildman–Crippen MR) is 78.0 cm³/mol. The van der Waals surface area contributed by atoms with E-state index in [2.05, 4.69) is 0 Å². The number of amides is 2. The summed E-state index contributed by atoms with van der Waals surface area (Å²) in [6.45, 7) is 1.32. The zero-order chi connectivity index (χ0) is 13.6. The third kappa shape index (κ3) is 2.53. The van der Waals surface area contributed by atoms with Gasteiger partial charge in [0.25, 0.3) is 0 Å². The average molecular weight is 302 g/mol. The van der Waals surface area contributed by atoms with Crippen LogP contribution in [-0.2, 0) is 9.59 Å². The number of likely N-dealkylation sites (tertiary alicyclic amines) is 1. The zero-order valence-electron chi connectivity index (χ0n) is 11.7. The highest BCUT2D eigenvalue weighted by Gasteiger charge is 2.50. The largest absolute Gasteiger partial charge is 0.369 e. The Hall–Kier alpha value is -0.810. The average Bonchev–Trinajstić information content (AvgIpc) is 2.99. The van der Waals surface area contributed by atoms with Crippen molar-refractivity contribution in [3.05, 3.63) is 0 Å². The van der Waals surface area contributed by atoms with Crippen molar-refractivity contribution in [3.63, 3.8) is 0 Å². The SMILES string of the molecule is Cl.NC(=O)C1CCN(C(=O)C2C3CCC(C3)C2N)CC1. The molecule has 0 aromatic heterocycles. The number of piperidine rings is 1. The fourth-order valence-corrected chi connectivity index (χ4v) is 4.30. The molecule has 0 radical (unpaired) electrons. The van der Waals surface area contributed by atoms with E-state index in [9.17, 15) is 9.59 Å². The van der Waals surface area contributed by atoms with Gasteiger partial charge in [-0.05, 0) is 43.9 Å². The summed E-state index contributed by atoms with van der Waals surface area (Å²) in [5.41, 5.74) is 11.5. The monoisotopic (exact) mass is 301 g/mol. The van der Waals surface area contributed by atoms with Crippen LogP contribution in [0.5, 0.6) is 0 Å². The van der Waals surface area contributed by atoms with Crippen LogP contribution in [0.2, 0.25) is 0 Å². The number of nitrogens with two attached hydrogens (primary N) is 2. The summed E-state index contributed by atoms with van der Waals surface area (Å²) in [4.78, 5) is 25.7. The number of carbonyl (C=O) groups is 2. The van der Waals surface area contributed by atoms with Crippen LogP contribution < -0.4 is 11.5 Å². The lowest BCUT2D eigenvalue weighted by molar-refractivity contribution is -0.140. The number of primary amides is 1. The van der Waals surface area contributed by atoms with E-state index < -0.39 is 0 Å². The number of halogens is 1. The van der Waals surface area contributed by atoms with Gasteiger partial charge >= 0.3 is 0 Å². The van der Waals surface area contributed by atoms with Crippen molar-refractivity contribution in [1.29, 1.82) is 0 Å². The molecule has 2 saturated carbocycles. The predicted octanol–water partition coefficient (Wildman–Crippen LogP) is 0.505. The van der Waals surface area contributed by atoms with Gasteiger partial charge in [-0.25, -0.2) is 0 Å². The van der Waals surface area contributed by atoms with Crippen molar-refractivity contribution in [2.75, 3.05) is 13.1 Å². The standard InChI is InChI=1S/C14H23N3O2.ClH/c15-12-10-2-1-9(7-10)11(12)14(19)17-5-3-8(4-6-17)13(16)18;/h8-12H,1-7,15H2,(H2,16,18);1H. The van der Waals surface area contributed by atoms with E-state index in [1.54, 1.807) is 0 Å². The fourth-order valence-electron chi connectivity index (χ4n) is 4.30. The number of hydrogen-bond donors (Lipinski definition) is 2. The lowest BCUT2D eigenvalue weighted by atomic mass is 9.83. The second-order valence-electron chi connectivity index (χ2n) is 6.44. The molecular formula is C14H24ClN3O2. The number of carbonyl (C=O) groups excluding carboxylic acids is 2. The molecule has 0 spiro atoms. The van der Waals surface area contributed by atoms with Crippen molar-refractivity contribution in [2.24, 2.45) is 35.1 Å². The van der Waals surface area contributed by atoms with Crippen molar-refractivity contribution >= 4 is 24.2 Å². The maximum Gasteiger partial charge on any atom is 0.227 e. The molecule has 1 heterocycles. The molecule has 3 rings (SSSR count). The molecular weight excluding hydrogens is 278 g/mol. The van der Waals surface area contributed by atoms with E-state index in [0.717, 1.165) is 12.8 Å². The topological polar surface area (TPSA) is 89.4 Å². The molecule has 3 fully saturated rings. The Kier molecular flexibility index (Phi) is 4.59. The van der Waals surface area contributed by atoms with E-state index >= 15 is 0 Å². The first-order valence-electron chi connectivity index (χ1n) is 7.41. The minimum Gasteiger partial charge on any atom is -0.369 e. The Labute approximate surface area is 125 Å². The Morgan fingerprint density at radius 1 is 1.00 bits per heavy atom. The number of rotatable bonds is 2. The lowest BCUT2D eigenvalue weighted by Crippen LogP contribution is -2.50. The van der Waals surface area contributed by atoms with Crippen LogP contribution in [0.4, 0.5) is 0 Å². The summed E-state index contributed by atoms with van der Waals surface area (Å²) in [6, 6.07) is 0.0557. The van der Waals surface area contributed by atoms with Crippen LogP contribution in [0.3, 0.4) is 0 Å². The third-order valence-corrected chi connectivity index (χ3v) is 5.47. The Balaban J connectivity index is 0.00000147. The normalized spacial score (nSPS) is 36.8. The van der Waals surface area contributed by atoms with Gasteiger partial charge in [0.05, 0.1) is 5.92 Å². The fraction of sp³-hybridized carbons (Fsp3) is 0.857. The smallest absolute Gasteiger partial charge is 0.227 e. The van der Waals surface area contributed by atoms with Crippen LogP contribution in [0.1, 0.15) is 32.1 Å². The first-order valence-corrected chi connectivity index (χ1v) is 7.41. The van der Waals surface area contributed by atoms with E-state index in [1.165, 1.54) is 6.42 Å². The zero-order valence-corrected chi connectivity index (χ0v) is 12.5. The molecule has 20 heavy (non-hydrogen) atoms. The highest BCUT2D eigenvalue weighted by Crippen LogP contribution is 2.48. The minimum atomic E-state index is -0.233. The quantitative estimate of drug-likeness (QED) is 0.778.